The van der Waals surface area contributed by atoms with E-state index in [0.717, 1.165) is 15.1 Å². The smallest absolute Gasteiger partial charge is 0.326 e. The fourth-order valence-electron chi connectivity index (χ4n) is 2.72. The van der Waals surface area contributed by atoms with Crippen LogP contribution in [0, 0.1) is 0 Å². The van der Waals surface area contributed by atoms with Crippen molar-refractivity contribution in [3.63, 3.8) is 0 Å². The Balaban J connectivity index is 2.11. The van der Waals surface area contributed by atoms with Gasteiger partial charge in [0.05, 0.1) is 24.8 Å². The van der Waals surface area contributed by atoms with Crippen molar-refractivity contribution in [2.45, 2.75) is 4.90 Å². The van der Waals surface area contributed by atoms with E-state index in [2.05, 4.69) is 4.74 Å². The summed E-state index contributed by atoms with van der Waals surface area (Å²) < 4.78 is 37.5. The molecule has 0 bridgehead atoms. The van der Waals surface area contributed by atoms with Gasteiger partial charge in [0.2, 0.25) is 0 Å². The van der Waals surface area contributed by atoms with Crippen molar-refractivity contribution in [1.82, 2.24) is 0 Å². The van der Waals surface area contributed by atoms with Crippen LogP contribution in [0.4, 0.5) is 5.69 Å². The van der Waals surface area contributed by atoms with Gasteiger partial charge in [0.1, 0.15) is 12.3 Å². The first-order chi connectivity index (χ1) is 13.0. The Morgan fingerprint density at radius 2 is 1.67 bits per heavy atom. The summed E-state index contributed by atoms with van der Waals surface area (Å²) in [5, 5.41) is 1.72. The second-order valence-corrected chi connectivity index (χ2v) is 7.66. The number of benzene rings is 3. The number of nitrogens with zero attached hydrogens (tertiary/aromatic N) is 1. The molecule has 0 atom stereocenters. The van der Waals surface area contributed by atoms with Crippen molar-refractivity contribution >= 4 is 32.5 Å². The summed E-state index contributed by atoms with van der Waals surface area (Å²) in [6.45, 7) is -0.446. The highest BCUT2D eigenvalue weighted by Gasteiger charge is 2.28. The fourth-order valence-corrected chi connectivity index (χ4v) is 4.15. The van der Waals surface area contributed by atoms with Crippen LogP contribution >= 0.6 is 0 Å². The van der Waals surface area contributed by atoms with E-state index in [9.17, 15) is 13.2 Å². The lowest BCUT2D eigenvalue weighted by molar-refractivity contribution is -0.138. The Bertz CT molecular complexity index is 1080. The summed E-state index contributed by atoms with van der Waals surface area (Å²) >= 11 is 0. The molecule has 0 radical (unpaired) electrons. The number of ether oxygens (including phenoxy) is 2. The third-order valence-electron chi connectivity index (χ3n) is 4.15. The molecule has 0 aliphatic rings. The van der Waals surface area contributed by atoms with E-state index in [1.54, 1.807) is 36.4 Å². The minimum Gasteiger partial charge on any atom is -0.497 e. The molecule has 3 aromatic carbocycles. The molecule has 3 rings (SSSR count). The van der Waals surface area contributed by atoms with E-state index in [0.29, 0.717) is 11.4 Å². The first-order valence-electron chi connectivity index (χ1n) is 8.18. The number of fused-ring (bicyclic) bond motifs is 1. The van der Waals surface area contributed by atoms with Crippen LogP contribution in [0.5, 0.6) is 5.75 Å². The summed E-state index contributed by atoms with van der Waals surface area (Å²) in [4.78, 5) is 12.0. The van der Waals surface area contributed by atoms with Gasteiger partial charge >= 0.3 is 5.97 Å². The molecule has 0 aliphatic carbocycles. The Morgan fingerprint density at radius 3 is 2.37 bits per heavy atom. The van der Waals surface area contributed by atoms with E-state index in [4.69, 9.17) is 4.74 Å². The Labute approximate surface area is 158 Å². The Hall–Kier alpha value is -3.06. The standard InChI is InChI=1S/C20H19NO5S/c1-25-18-9-5-8-17(13-18)21(14-20(22)26-2)27(23,24)19-11-10-15-6-3-4-7-16(15)12-19/h3-13H,14H2,1-2H3. The van der Waals surface area contributed by atoms with Gasteiger partial charge in [-0.25, -0.2) is 8.42 Å². The van der Waals surface area contributed by atoms with Gasteiger partial charge in [0.15, 0.2) is 0 Å². The lowest BCUT2D eigenvalue weighted by Crippen LogP contribution is -2.36. The second kappa shape index (κ2) is 7.67. The highest BCUT2D eigenvalue weighted by Crippen LogP contribution is 2.28. The van der Waals surface area contributed by atoms with Gasteiger partial charge in [-0.2, -0.15) is 0 Å². The highest BCUT2D eigenvalue weighted by molar-refractivity contribution is 7.92. The number of rotatable bonds is 6. The third kappa shape index (κ3) is 3.88. The summed E-state index contributed by atoms with van der Waals surface area (Å²) in [6, 6.07) is 18.8. The topological polar surface area (TPSA) is 72.9 Å². The zero-order valence-electron chi connectivity index (χ0n) is 15.0. The first kappa shape index (κ1) is 18.7. The van der Waals surface area contributed by atoms with Gasteiger partial charge in [-0.1, -0.05) is 36.4 Å². The van der Waals surface area contributed by atoms with E-state index < -0.39 is 22.5 Å². The number of hydrogen-bond donors (Lipinski definition) is 0. The molecule has 7 heteroatoms. The molecule has 6 nitrogen and oxygen atoms in total. The maximum Gasteiger partial charge on any atom is 0.326 e. The van der Waals surface area contributed by atoms with Gasteiger partial charge in [-0.05, 0) is 35.0 Å². The number of anilines is 1. The summed E-state index contributed by atoms with van der Waals surface area (Å²) in [5.41, 5.74) is 0.313. The van der Waals surface area contributed by atoms with Crippen LogP contribution in [-0.4, -0.2) is 35.2 Å². The normalized spacial score (nSPS) is 11.2. The van der Waals surface area contributed by atoms with Crippen LogP contribution in [0.2, 0.25) is 0 Å². The van der Waals surface area contributed by atoms with Crippen LogP contribution in [0.3, 0.4) is 0 Å². The average molecular weight is 385 g/mol. The molecule has 0 spiro atoms. The van der Waals surface area contributed by atoms with Crippen LogP contribution in [-0.2, 0) is 19.6 Å². The Kier molecular flexibility index (Phi) is 5.32. The number of carbonyl (C=O) groups excluding carboxylic acids is 1. The quantitative estimate of drug-likeness (QED) is 0.609. The molecule has 0 saturated heterocycles. The molecule has 0 saturated carbocycles. The number of hydrogen-bond acceptors (Lipinski definition) is 5. The zero-order valence-corrected chi connectivity index (χ0v) is 15.8. The number of carbonyl (C=O) groups is 1. The molecule has 0 aliphatic heterocycles. The molecular weight excluding hydrogens is 366 g/mol. The second-order valence-electron chi connectivity index (χ2n) is 5.80. The molecule has 0 heterocycles. The molecule has 140 valence electrons. The predicted octanol–water partition coefficient (Wildman–Crippen LogP) is 3.22. The van der Waals surface area contributed by atoms with E-state index in [1.165, 1.54) is 20.3 Å². The monoisotopic (exact) mass is 385 g/mol. The van der Waals surface area contributed by atoms with Crippen molar-refractivity contribution in [1.29, 1.82) is 0 Å². The minimum atomic E-state index is -4.00. The lowest BCUT2D eigenvalue weighted by atomic mass is 10.1. The van der Waals surface area contributed by atoms with E-state index in [1.807, 2.05) is 24.3 Å². The summed E-state index contributed by atoms with van der Waals surface area (Å²) in [5.74, 6) is -0.182. The maximum absolute atomic E-state index is 13.3. The largest absolute Gasteiger partial charge is 0.497 e. The van der Waals surface area contributed by atoms with E-state index >= 15 is 0 Å². The molecule has 0 aromatic heterocycles. The molecule has 27 heavy (non-hydrogen) atoms. The van der Waals surface area contributed by atoms with Gasteiger partial charge in [-0.3, -0.25) is 9.10 Å². The summed E-state index contributed by atoms with van der Waals surface area (Å²) in [6.07, 6.45) is 0. The molecule has 0 unspecified atom stereocenters. The van der Waals surface area contributed by atoms with Crippen molar-refractivity contribution < 1.29 is 22.7 Å². The first-order valence-corrected chi connectivity index (χ1v) is 9.62. The van der Waals surface area contributed by atoms with Crippen molar-refractivity contribution in [2.24, 2.45) is 0 Å². The predicted molar refractivity (Wildman–Crippen MR) is 103 cm³/mol. The van der Waals surface area contributed by atoms with Gasteiger partial charge in [0.25, 0.3) is 10.0 Å². The number of methoxy groups -OCH3 is 2. The van der Waals surface area contributed by atoms with E-state index in [-0.39, 0.29) is 4.90 Å². The minimum absolute atomic E-state index is 0.0907. The van der Waals surface area contributed by atoms with Crippen LogP contribution in [0.15, 0.2) is 71.6 Å². The SMILES string of the molecule is COC(=O)CN(c1cccc(OC)c1)S(=O)(=O)c1ccc2ccccc2c1. The molecule has 0 amide bonds. The van der Waals surface area contributed by atoms with Crippen LogP contribution < -0.4 is 9.04 Å². The molecule has 3 aromatic rings. The molecule has 0 N–H and O–H groups in total. The number of sulfonamides is 1. The average Bonchev–Trinajstić information content (AvgIpc) is 2.71. The Morgan fingerprint density at radius 1 is 0.926 bits per heavy atom. The van der Waals surface area contributed by atoms with Crippen LogP contribution in [0.25, 0.3) is 10.8 Å². The zero-order chi connectivity index (χ0) is 19.4. The lowest BCUT2D eigenvalue weighted by Gasteiger charge is -2.24. The highest BCUT2D eigenvalue weighted by atomic mass is 32.2. The molecule has 0 fully saturated rings. The summed E-state index contributed by atoms with van der Waals surface area (Å²) in [7, 11) is -1.29. The maximum atomic E-state index is 13.3. The van der Waals surface area contributed by atoms with Crippen LogP contribution in [0.1, 0.15) is 0 Å². The fraction of sp³-hybridized carbons (Fsp3) is 0.150. The third-order valence-corrected chi connectivity index (χ3v) is 5.92. The van der Waals surface area contributed by atoms with Gasteiger partial charge in [0, 0.05) is 6.07 Å². The molecular formula is C20H19NO5S. The van der Waals surface area contributed by atoms with Gasteiger partial charge in [-0.15, -0.1) is 0 Å². The van der Waals surface area contributed by atoms with Crippen molar-refractivity contribution in [3.8, 4) is 5.75 Å². The van der Waals surface area contributed by atoms with Gasteiger partial charge < -0.3 is 9.47 Å². The van der Waals surface area contributed by atoms with Crippen molar-refractivity contribution in [3.05, 3.63) is 66.7 Å². The van der Waals surface area contributed by atoms with Crippen molar-refractivity contribution in [2.75, 3.05) is 25.1 Å². The number of esters is 1.